The molecule has 0 aliphatic carbocycles. The lowest BCUT2D eigenvalue weighted by molar-refractivity contribution is 0.268. The summed E-state index contributed by atoms with van der Waals surface area (Å²) in [6.07, 6.45) is 2.37. The first kappa shape index (κ1) is 16.8. The molecule has 0 aliphatic rings. The summed E-state index contributed by atoms with van der Waals surface area (Å²) in [5, 5.41) is 13.1. The minimum Gasteiger partial charge on any atom is -0.504 e. The van der Waals surface area contributed by atoms with E-state index in [9.17, 15) is 5.11 Å². The van der Waals surface area contributed by atoms with Gasteiger partial charge in [-0.25, -0.2) is 0 Å². The largest absolute Gasteiger partial charge is 0.504 e. The maximum atomic E-state index is 9.69. The van der Waals surface area contributed by atoms with Crippen molar-refractivity contribution in [1.29, 1.82) is 0 Å². The van der Waals surface area contributed by atoms with Crippen LogP contribution in [-0.4, -0.2) is 43.3 Å². The zero-order valence-corrected chi connectivity index (χ0v) is 13.1. The van der Waals surface area contributed by atoms with Crippen LogP contribution in [0.3, 0.4) is 0 Å². The van der Waals surface area contributed by atoms with Crippen LogP contribution in [-0.2, 0) is 6.54 Å². The van der Waals surface area contributed by atoms with Gasteiger partial charge in [-0.3, -0.25) is 0 Å². The van der Waals surface area contributed by atoms with E-state index < -0.39 is 0 Å². The molecule has 0 saturated heterocycles. The van der Waals surface area contributed by atoms with Crippen LogP contribution in [0.25, 0.3) is 0 Å². The van der Waals surface area contributed by atoms with Gasteiger partial charge in [0.25, 0.3) is 0 Å². The fourth-order valence-corrected chi connectivity index (χ4v) is 1.95. The number of unbranched alkanes of at least 4 members (excludes halogenated alkanes) is 1. The van der Waals surface area contributed by atoms with Crippen molar-refractivity contribution in [2.75, 3.05) is 27.2 Å². The average molecular weight is 280 g/mol. The van der Waals surface area contributed by atoms with Gasteiger partial charge >= 0.3 is 0 Å². The third-order valence-electron chi connectivity index (χ3n) is 3.57. The van der Waals surface area contributed by atoms with Gasteiger partial charge in [-0.05, 0) is 64.5 Å². The van der Waals surface area contributed by atoms with Gasteiger partial charge in [0.1, 0.15) is 0 Å². The van der Waals surface area contributed by atoms with Crippen molar-refractivity contribution in [3.8, 4) is 11.5 Å². The molecule has 0 radical (unpaired) electrons. The van der Waals surface area contributed by atoms with E-state index in [0.717, 1.165) is 25.2 Å². The first-order chi connectivity index (χ1) is 9.54. The molecule has 1 aromatic carbocycles. The molecule has 0 bridgehead atoms. The number of hydrogen-bond acceptors (Lipinski definition) is 4. The van der Waals surface area contributed by atoms with Crippen LogP contribution in [0.4, 0.5) is 0 Å². The Morgan fingerprint density at radius 3 is 2.65 bits per heavy atom. The van der Waals surface area contributed by atoms with E-state index in [0.29, 0.717) is 11.8 Å². The molecule has 0 aromatic heterocycles. The second-order valence-electron chi connectivity index (χ2n) is 5.46. The second-order valence-corrected chi connectivity index (χ2v) is 5.46. The standard InChI is InChI=1S/C16H28N2O2/c1-13(2)18(3)10-6-5-9-17-12-14-7-8-16(20-4)15(19)11-14/h7-8,11,13,17,19H,5-6,9-10,12H2,1-4H3. The number of hydrogen-bond donors (Lipinski definition) is 2. The number of ether oxygens (including phenoxy) is 1. The zero-order chi connectivity index (χ0) is 15.0. The number of phenols is 1. The summed E-state index contributed by atoms with van der Waals surface area (Å²) in [4.78, 5) is 2.36. The predicted octanol–water partition coefficient (Wildman–Crippen LogP) is 2.61. The van der Waals surface area contributed by atoms with Crippen molar-refractivity contribution in [2.45, 2.75) is 39.3 Å². The Hall–Kier alpha value is -1.26. The summed E-state index contributed by atoms with van der Waals surface area (Å²) in [6, 6.07) is 6.13. The molecule has 20 heavy (non-hydrogen) atoms. The van der Waals surface area contributed by atoms with E-state index >= 15 is 0 Å². The summed E-state index contributed by atoms with van der Waals surface area (Å²) in [5.74, 6) is 0.718. The Bertz CT molecular complexity index is 394. The molecule has 0 amide bonds. The maximum absolute atomic E-state index is 9.69. The highest BCUT2D eigenvalue weighted by molar-refractivity contribution is 5.41. The highest BCUT2D eigenvalue weighted by Gasteiger charge is 2.03. The van der Waals surface area contributed by atoms with Gasteiger partial charge in [0.2, 0.25) is 0 Å². The molecule has 4 nitrogen and oxygen atoms in total. The predicted molar refractivity (Wildman–Crippen MR) is 83.4 cm³/mol. The monoisotopic (exact) mass is 280 g/mol. The number of methoxy groups -OCH3 is 1. The molecule has 0 saturated carbocycles. The van der Waals surface area contributed by atoms with Gasteiger partial charge in [0.15, 0.2) is 11.5 Å². The molecule has 1 aromatic rings. The van der Waals surface area contributed by atoms with Gasteiger partial charge in [0, 0.05) is 12.6 Å². The Morgan fingerprint density at radius 1 is 1.30 bits per heavy atom. The molecule has 0 aliphatic heterocycles. The number of phenolic OH excluding ortho intramolecular Hbond substituents is 1. The molecule has 0 unspecified atom stereocenters. The molecule has 4 heteroatoms. The van der Waals surface area contributed by atoms with Gasteiger partial charge in [-0.2, -0.15) is 0 Å². The van der Waals surface area contributed by atoms with Gasteiger partial charge in [-0.15, -0.1) is 0 Å². The molecule has 2 N–H and O–H groups in total. The van der Waals surface area contributed by atoms with E-state index in [-0.39, 0.29) is 5.75 Å². The number of nitrogens with zero attached hydrogens (tertiary/aromatic N) is 1. The molecule has 1 rings (SSSR count). The summed E-state index contributed by atoms with van der Waals surface area (Å²) in [6.45, 7) is 7.35. The van der Waals surface area contributed by atoms with Crippen LogP contribution < -0.4 is 10.1 Å². The summed E-state index contributed by atoms with van der Waals surface area (Å²) in [5.41, 5.74) is 1.07. The van der Waals surface area contributed by atoms with Crippen LogP contribution in [0.15, 0.2) is 18.2 Å². The Kier molecular flexibility index (Phi) is 7.41. The topological polar surface area (TPSA) is 44.7 Å². The van der Waals surface area contributed by atoms with Crippen LogP contribution in [0.1, 0.15) is 32.3 Å². The summed E-state index contributed by atoms with van der Waals surface area (Å²) >= 11 is 0. The quantitative estimate of drug-likeness (QED) is 0.683. The minimum absolute atomic E-state index is 0.199. The van der Waals surface area contributed by atoms with Crippen molar-refractivity contribution in [2.24, 2.45) is 0 Å². The number of nitrogens with one attached hydrogen (secondary N) is 1. The highest BCUT2D eigenvalue weighted by atomic mass is 16.5. The van der Waals surface area contributed by atoms with E-state index in [4.69, 9.17) is 4.74 Å². The smallest absolute Gasteiger partial charge is 0.160 e. The van der Waals surface area contributed by atoms with E-state index in [1.807, 2.05) is 6.07 Å². The zero-order valence-electron chi connectivity index (χ0n) is 13.1. The van der Waals surface area contributed by atoms with Gasteiger partial charge < -0.3 is 20.1 Å². The van der Waals surface area contributed by atoms with Crippen LogP contribution in [0.5, 0.6) is 11.5 Å². The van der Waals surface area contributed by atoms with E-state index in [1.165, 1.54) is 12.8 Å². The van der Waals surface area contributed by atoms with Crippen molar-refractivity contribution >= 4 is 0 Å². The Balaban J connectivity index is 2.17. The highest BCUT2D eigenvalue weighted by Crippen LogP contribution is 2.25. The lowest BCUT2D eigenvalue weighted by Crippen LogP contribution is -2.27. The van der Waals surface area contributed by atoms with Gasteiger partial charge in [-0.1, -0.05) is 6.07 Å². The van der Waals surface area contributed by atoms with Crippen LogP contribution in [0.2, 0.25) is 0 Å². The lowest BCUT2D eigenvalue weighted by Gasteiger charge is -2.20. The second kappa shape index (κ2) is 8.82. The molecule has 0 atom stereocenters. The van der Waals surface area contributed by atoms with Crippen molar-refractivity contribution in [3.05, 3.63) is 23.8 Å². The first-order valence-corrected chi connectivity index (χ1v) is 7.31. The van der Waals surface area contributed by atoms with E-state index in [1.54, 1.807) is 19.2 Å². The molecular weight excluding hydrogens is 252 g/mol. The Morgan fingerprint density at radius 2 is 2.05 bits per heavy atom. The minimum atomic E-state index is 0.199. The molecular formula is C16H28N2O2. The van der Waals surface area contributed by atoms with Crippen LogP contribution >= 0.6 is 0 Å². The molecule has 0 heterocycles. The number of benzene rings is 1. The summed E-state index contributed by atoms with van der Waals surface area (Å²) < 4.78 is 5.02. The van der Waals surface area contributed by atoms with Crippen molar-refractivity contribution < 1.29 is 9.84 Å². The fourth-order valence-electron chi connectivity index (χ4n) is 1.95. The Labute approximate surface area is 122 Å². The third kappa shape index (κ3) is 5.80. The molecule has 114 valence electrons. The molecule has 0 fully saturated rings. The fraction of sp³-hybridized carbons (Fsp3) is 0.625. The summed E-state index contributed by atoms with van der Waals surface area (Å²) in [7, 11) is 3.72. The SMILES string of the molecule is COc1ccc(CNCCCCN(C)C(C)C)cc1O. The third-order valence-corrected chi connectivity index (χ3v) is 3.57. The van der Waals surface area contributed by atoms with Crippen molar-refractivity contribution in [3.63, 3.8) is 0 Å². The first-order valence-electron chi connectivity index (χ1n) is 7.31. The van der Waals surface area contributed by atoms with Crippen molar-refractivity contribution in [1.82, 2.24) is 10.2 Å². The molecule has 0 spiro atoms. The average Bonchev–Trinajstić information content (AvgIpc) is 2.42. The van der Waals surface area contributed by atoms with E-state index in [2.05, 4.69) is 31.1 Å². The maximum Gasteiger partial charge on any atom is 0.160 e. The van der Waals surface area contributed by atoms with Gasteiger partial charge in [0.05, 0.1) is 7.11 Å². The lowest BCUT2D eigenvalue weighted by atomic mass is 10.2. The van der Waals surface area contributed by atoms with Crippen LogP contribution in [0, 0.1) is 0 Å². The normalized spacial score (nSPS) is 11.3. The number of rotatable bonds is 9. The number of aromatic hydroxyl groups is 1.